The predicted octanol–water partition coefficient (Wildman–Crippen LogP) is 5.60. The van der Waals surface area contributed by atoms with Crippen molar-refractivity contribution in [2.24, 2.45) is 11.3 Å². The fourth-order valence-corrected chi connectivity index (χ4v) is 4.41. The van der Waals surface area contributed by atoms with Crippen molar-refractivity contribution in [1.82, 2.24) is 4.90 Å². The molecule has 1 N–H and O–H groups in total. The van der Waals surface area contributed by atoms with E-state index in [2.05, 4.69) is 31.0 Å². The van der Waals surface area contributed by atoms with E-state index in [1.807, 2.05) is 24.3 Å². The van der Waals surface area contributed by atoms with Gasteiger partial charge in [0.2, 0.25) is 5.91 Å². The molecule has 0 aromatic heterocycles. The zero-order chi connectivity index (χ0) is 20.2. The third-order valence-electron chi connectivity index (χ3n) is 6.44. The number of carbonyl (C=O) groups is 1. The van der Waals surface area contributed by atoms with Gasteiger partial charge >= 0.3 is 0 Å². The summed E-state index contributed by atoms with van der Waals surface area (Å²) < 4.78 is 15.6. The van der Waals surface area contributed by atoms with Crippen LogP contribution in [-0.4, -0.2) is 36.1 Å². The zero-order valence-electron chi connectivity index (χ0n) is 17.9. The summed E-state index contributed by atoms with van der Waals surface area (Å²) in [7, 11) is 0. The fourth-order valence-electron chi connectivity index (χ4n) is 4.41. The number of alkyl halides is 1. The van der Waals surface area contributed by atoms with Crippen molar-refractivity contribution < 1.29 is 9.18 Å². The summed E-state index contributed by atoms with van der Waals surface area (Å²) in [6, 6.07) is 7.76. The molecule has 0 spiro atoms. The van der Waals surface area contributed by atoms with Crippen LogP contribution in [0.3, 0.4) is 0 Å². The zero-order valence-corrected chi connectivity index (χ0v) is 17.9. The lowest BCUT2D eigenvalue weighted by molar-refractivity contribution is -0.119. The molecule has 1 amide bonds. The Hall–Kier alpha value is -1.42. The van der Waals surface area contributed by atoms with Gasteiger partial charge in [-0.2, -0.15) is 0 Å². The molecular formula is C24H37FN2O. The second kappa shape index (κ2) is 8.94. The molecular weight excluding hydrogens is 351 g/mol. The lowest BCUT2D eigenvalue weighted by Gasteiger charge is -2.37. The summed E-state index contributed by atoms with van der Waals surface area (Å²) in [6.45, 7) is 9.47. The quantitative estimate of drug-likeness (QED) is 0.688. The lowest BCUT2D eigenvalue weighted by atomic mass is 9.85. The lowest BCUT2D eigenvalue weighted by Crippen LogP contribution is -2.43. The van der Waals surface area contributed by atoms with Crippen LogP contribution in [-0.2, 0) is 11.2 Å². The Bertz CT molecular complexity index is 653. The van der Waals surface area contributed by atoms with Crippen molar-refractivity contribution in [1.29, 1.82) is 0 Å². The third kappa shape index (κ3) is 6.04. The van der Waals surface area contributed by atoms with E-state index >= 15 is 4.39 Å². The highest BCUT2D eigenvalue weighted by Crippen LogP contribution is 2.34. The van der Waals surface area contributed by atoms with Gasteiger partial charge in [0.25, 0.3) is 0 Å². The maximum absolute atomic E-state index is 15.6. The van der Waals surface area contributed by atoms with Crippen LogP contribution in [0.4, 0.5) is 10.1 Å². The number of rotatable bonds is 6. The van der Waals surface area contributed by atoms with Gasteiger partial charge < -0.3 is 10.2 Å². The van der Waals surface area contributed by atoms with Gasteiger partial charge in [0, 0.05) is 31.1 Å². The molecule has 0 bridgehead atoms. The van der Waals surface area contributed by atoms with Crippen molar-refractivity contribution in [3.63, 3.8) is 0 Å². The van der Waals surface area contributed by atoms with Gasteiger partial charge in [-0.3, -0.25) is 4.79 Å². The van der Waals surface area contributed by atoms with Gasteiger partial charge in [0.15, 0.2) is 0 Å². The number of piperidine rings is 1. The van der Waals surface area contributed by atoms with E-state index in [0.717, 1.165) is 63.0 Å². The molecule has 28 heavy (non-hydrogen) atoms. The average Bonchev–Trinajstić information content (AvgIpc) is 3.17. The van der Waals surface area contributed by atoms with Crippen LogP contribution in [0.5, 0.6) is 0 Å². The Balaban J connectivity index is 1.57. The molecule has 2 fully saturated rings. The Labute approximate surface area is 170 Å². The molecule has 156 valence electrons. The number of para-hydroxylation sites is 1. The number of halogens is 1. The summed E-state index contributed by atoms with van der Waals surface area (Å²) in [5, 5.41) is 3.09. The average molecular weight is 389 g/mol. The standard InChI is InChI=1S/C24H37FN2O/c1-23(2,3)12-15-27-16-13-24(25,14-17-27)18-20-10-6-7-11-21(20)26-22(28)19-8-4-5-9-19/h6-7,10-11,19H,4-5,8-9,12-18H2,1-3H3,(H,26,28). The summed E-state index contributed by atoms with van der Waals surface area (Å²) in [5.74, 6) is 0.230. The van der Waals surface area contributed by atoms with Crippen LogP contribution < -0.4 is 5.32 Å². The number of amides is 1. The molecule has 2 aliphatic rings. The number of hydrogen-bond donors (Lipinski definition) is 1. The first kappa shape index (κ1) is 21.3. The molecule has 0 radical (unpaired) electrons. The summed E-state index contributed by atoms with van der Waals surface area (Å²) in [6.07, 6.45) is 6.91. The van der Waals surface area contributed by atoms with Crippen molar-refractivity contribution in [2.75, 3.05) is 25.0 Å². The van der Waals surface area contributed by atoms with Crippen LogP contribution in [0.1, 0.15) is 71.3 Å². The maximum Gasteiger partial charge on any atom is 0.227 e. The molecule has 3 nitrogen and oxygen atoms in total. The van der Waals surface area contributed by atoms with E-state index in [1.54, 1.807) is 0 Å². The van der Waals surface area contributed by atoms with Crippen molar-refractivity contribution in [3.8, 4) is 0 Å². The minimum atomic E-state index is -1.17. The highest BCUT2D eigenvalue weighted by Gasteiger charge is 2.35. The van der Waals surface area contributed by atoms with Crippen molar-refractivity contribution >= 4 is 11.6 Å². The van der Waals surface area contributed by atoms with E-state index in [4.69, 9.17) is 0 Å². The summed E-state index contributed by atoms with van der Waals surface area (Å²) in [4.78, 5) is 14.9. The van der Waals surface area contributed by atoms with E-state index in [0.29, 0.717) is 24.7 Å². The minimum Gasteiger partial charge on any atom is -0.326 e. The molecule has 1 heterocycles. The third-order valence-corrected chi connectivity index (χ3v) is 6.44. The monoisotopic (exact) mass is 388 g/mol. The van der Waals surface area contributed by atoms with Crippen molar-refractivity contribution in [2.45, 2.75) is 77.8 Å². The Morgan fingerprint density at radius 1 is 1.18 bits per heavy atom. The second-order valence-corrected chi connectivity index (χ2v) is 10.1. The topological polar surface area (TPSA) is 32.3 Å². The van der Waals surface area contributed by atoms with Crippen LogP contribution in [0.2, 0.25) is 0 Å². The smallest absolute Gasteiger partial charge is 0.227 e. The number of benzene rings is 1. The van der Waals surface area contributed by atoms with Crippen LogP contribution in [0, 0.1) is 11.3 Å². The summed E-state index contributed by atoms with van der Waals surface area (Å²) >= 11 is 0. The highest BCUT2D eigenvalue weighted by atomic mass is 19.1. The number of hydrogen-bond acceptors (Lipinski definition) is 2. The molecule has 1 aromatic rings. The van der Waals surface area contributed by atoms with Gasteiger partial charge in [-0.15, -0.1) is 0 Å². The molecule has 3 rings (SSSR count). The van der Waals surface area contributed by atoms with Gasteiger partial charge in [-0.25, -0.2) is 4.39 Å². The first-order valence-corrected chi connectivity index (χ1v) is 11.0. The van der Waals surface area contributed by atoms with E-state index in [-0.39, 0.29) is 11.8 Å². The van der Waals surface area contributed by atoms with Crippen molar-refractivity contribution in [3.05, 3.63) is 29.8 Å². The Kier molecular flexibility index (Phi) is 6.80. The number of anilines is 1. The molecule has 4 heteroatoms. The fraction of sp³-hybridized carbons (Fsp3) is 0.708. The Morgan fingerprint density at radius 3 is 2.46 bits per heavy atom. The molecule has 1 aromatic carbocycles. The molecule has 0 atom stereocenters. The molecule has 1 aliphatic heterocycles. The number of nitrogens with one attached hydrogen (secondary N) is 1. The van der Waals surface area contributed by atoms with E-state index in [9.17, 15) is 4.79 Å². The number of likely N-dealkylation sites (tertiary alicyclic amines) is 1. The summed E-state index contributed by atoms with van der Waals surface area (Å²) in [5.41, 5.74) is 0.874. The highest BCUT2D eigenvalue weighted by molar-refractivity contribution is 5.93. The normalized spacial score (nSPS) is 21.0. The largest absolute Gasteiger partial charge is 0.326 e. The Morgan fingerprint density at radius 2 is 1.82 bits per heavy atom. The van der Waals surface area contributed by atoms with Crippen LogP contribution in [0.15, 0.2) is 24.3 Å². The van der Waals surface area contributed by atoms with Gasteiger partial charge in [-0.1, -0.05) is 51.8 Å². The number of carbonyl (C=O) groups excluding carboxylic acids is 1. The molecule has 1 saturated heterocycles. The van der Waals surface area contributed by atoms with Gasteiger partial charge in [0.05, 0.1) is 0 Å². The molecule has 0 unspecified atom stereocenters. The van der Waals surface area contributed by atoms with E-state index in [1.165, 1.54) is 0 Å². The first-order valence-electron chi connectivity index (χ1n) is 11.0. The van der Waals surface area contributed by atoms with Crippen LogP contribution in [0.25, 0.3) is 0 Å². The minimum absolute atomic E-state index is 0.106. The molecule has 1 saturated carbocycles. The molecule has 1 aliphatic carbocycles. The van der Waals surface area contributed by atoms with E-state index < -0.39 is 5.67 Å². The van der Waals surface area contributed by atoms with Crippen LogP contribution >= 0.6 is 0 Å². The second-order valence-electron chi connectivity index (χ2n) is 10.1. The van der Waals surface area contributed by atoms with Gasteiger partial charge in [0.1, 0.15) is 5.67 Å². The SMILES string of the molecule is CC(C)(C)CCN1CCC(F)(Cc2ccccc2NC(=O)C2CCCC2)CC1. The van der Waals surface area contributed by atoms with Gasteiger partial charge in [-0.05, 0) is 55.7 Å². The number of nitrogens with zero attached hydrogens (tertiary/aromatic N) is 1. The predicted molar refractivity (Wildman–Crippen MR) is 114 cm³/mol. The maximum atomic E-state index is 15.6. The first-order chi connectivity index (χ1) is 13.2.